The molecule has 4 unspecified atom stereocenters. The predicted octanol–water partition coefficient (Wildman–Crippen LogP) is 4.81. The summed E-state index contributed by atoms with van der Waals surface area (Å²) >= 11 is 12.7. The molecule has 0 aromatic heterocycles. The van der Waals surface area contributed by atoms with Crippen LogP contribution in [0.4, 0.5) is 0 Å². The summed E-state index contributed by atoms with van der Waals surface area (Å²) in [5, 5.41) is 11.7. The van der Waals surface area contributed by atoms with E-state index in [1.54, 1.807) is 6.92 Å². The highest BCUT2D eigenvalue weighted by atomic mass is 35.5. The van der Waals surface area contributed by atoms with Gasteiger partial charge in [0.15, 0.2) is 0 Å². The van der Waals surface area contributed by atoms with Crippen molar-refractivity contribution < 1.29 is 9.59 Å². The zero-order chi connectivity index (χ0) is 29.8. The van der Waals surface area contributed by atoms with Crippen LogP contribution in [-0.4, -0.2) is 61.0 Å². The highest BCUT2D eigenvalue weighted by Crippen LogP contribution is 2.48. The van der Waals surface area contributed by atoms with Gasteiger partial charge < -0.3 is 26.6 Å². The Kier molecular flexibility index (Phi) is 10.4. The van der Waals surface area contributed by atoms with E-state index >= 15 is 0 Å². The Morgan fingerprint density at radius 1 is 1.05 bits per heavy atom. The number of nitrogens with zero attached hydrogens (tertiary/aromatic N) is 1. The SMILES string of the molecule is CC(=O)N1CCC(NCCCNC(=O)C2NC(CC(C)(C)C)C(N)(c3ccc(Cl)cc3)C2c2cccc(Cl)c2)CC1. The van der Waals surface area contributed by atoms with Crippen LogP contribution in [0.25, 0.3) is 0 Å². The smallest absolute Gasteiger partial charge is 0.237 e. The van der Waals surface area contributed by atoms with E-state index in [-0.39, 0.29) is 29.2 Å². The number of piperidine rings is 1. The third-order valence-electron chi connectivity index (χ3n) is 8.48. The fourth-order valence-corrected chi connectivity index (χ4v) is 6.74. The van der Waals surface area contributed by atoms with Crippen LogP contribution < -0.4 is 21.7 Å². The first-order valence-electron chi connectivity index (χ1n) is 14.7. The van der Waals surface area contributed by atoms with Crippen molar-refractivity contribution in [2.24, 2.45) is 11.1 Å². The van der Waals surface area contributed by atoms with Crippen LogP contribution in [0.5, 0.6) is 0 Å². The van der Waals surface area contributed by atoms with Gasteiger partial charge in [0.05, 0.1) is 11.6 Å². The molecule has 0 bridgehead atoms. The summed E-state index contributed by atoms with van der Waals surface area (Å²) in [6, 6.07) is 15.1. The predicted molar refractivity (Wildman–Crippen MR) is 167 cm³/mol. The van der Waals surface area contributed by atoms with Gasteiger partial charge in [-0.25, -0.2) is 0 Å². The molecule has 5 N–H and O–H groups in total. The highest BCUT2D eigenvalue weighted by molar-refractivity contribution is 6.30. The van der Waals surface area contributed by atoms with Gasteiger partial charge in [0.2, 0.25) is 11.8 Å². The van der Waals surface area contributed by atoms with Crippen molar-refractivity contribution in [3.05, 3.63) is 69.7 Å². The third kappa shape index (κ3) is 7.82. The molecular weight excluding hydrogens is 557 g/mol. The molecule has 224 valence electrons. The van der Waals surface area contributed by atoms with E-state index in [2.05, 4.69) is 36.7 Å². The van der Waals surface area contributed by atoms with Crippen LogP contribution >= 0.6 is 23.2 Å². The fourth-order valence-electron chi connectivity index (χ4n) is 6.41. The van der Waals surface area contributed by atoms with E-state index in [9.17, 15) is 9.59 Å². The highest BCUT2D eigenvalue weighted by Gasteiger charge is 2.56. The molecule has 0 radical (unpaired) electrons. The van der Waals surface area contributed by atoms with Crippen LogP contribution in [0.2, 0.25) is 10.0 Å². The second-order valence-corrected chi connectivity index (χ2v) is 13.7. The van der Waals surface area contributed by atoms with Crippen molar-refractivity contribution in [1.29, 1.82) is 0 Å². The van der Waals surface area contributed by atoms with Crippen molar-refractivity contribution in [3.8, 4) is 0 Å². The summed E-state index contributed by atoms with van der Waals surface area (Å²) in [4.78, 5) is 27.3. The molecule has 2 aliphatic heterocycles. The normalized spacial score (nSPS) is 25.3. The minimum atomic E-state index is -0.874. The third-order valence-corrected chi connectivity index (χ3v) is 8.97. The minimum Gasteiger partial charge on any atom is -0.355 e. The monoisotopic (exact) mass is 601 g/mol. The lowest BCUT2D eigenvalue weighted by molar-refractivity contribution is -0.130. The first-order valence-corrected chi connectivity index (χ1v) is 15.5. The molecule has 2 aromatic carbocycles. The standard InChI is InChI=1S/C32H45Cl2N5O2/c1-21(40)39-17-13-26(14-18-39)36-15-6-16-37-30(41)29-28(22-7-5-8-25(34)19-22)32(35,23-9-11-24(33)12-10-23)27(38-29)20-31(2,3)4/h5,7-12,19,26-29,36,38H,6,13-18,20,35H2,1-4H3,(H,37,41). The van der Waals surface area contributed by atoms with Gasteiger partial charge in [-0.15, -0.1) is 0 Å². The molecule has 2 aromatic rings. The molecule has 0 saturated carbocycles. The van der Waals surface area contributed by atoms with E-state index in [0.717, 1.165) is 56.4 Å². The maximum absolute atomic E-state index is 13.8. The Labute approximate surface area is 254 Å². The Balaban J connectivity index is 1.49. The number of halogens is 2. The Hall–Kier alpha value is -2.16. The first-order chi connectivity index (χ1) is 19.4. The summed E-state index contributed by atoms with van der Waals surface area (Å²) < 4.78 is 0. The molecule has 2 aliphatic rings. The van der Waals surface area contributed by atoms with Crippen molar-refractivity contribution in [2.75, 3.05) is 26.2 Å². The van der Waals surface area contributed by atoms with Crippen LogP contribution in [-0.2, 0) is 15.1 Å². The summed E-state index contributed by atoms with van der Waals surface area (Å²) in [6.45, 7) is 11.2. The van der Waals surface area contributed by atoms with Crippen molar-refractivity contribution in [1.82, 2.24) is 20.9 Å². The summed E-state index contributed by atoms with van der Waals surface area (Å²) in [7, 11) is 0. The largest absolute Gasteiger partial charge is 0.355 e. The number of nitrogens with two attached hydrogens (primary N) is 1. The van der Waals surface area contributed by atoms with E-state index in [1.165, 1.54) is 0 Å². The molecule has 0 spiro atoms. The molecule has 9 heteroatoms. The number of carbonyl (C=O) groups is 2. The van der Waals surface area contributed by atoms with Gasteiger partial charge >= 0.3 is 0 Å². The summed E-state index contributed by atoms with van der Waals surface area (Å²) in [5.41, 5.74) is 8.43. The molecule has 2 heterocycles. The Morgan fingerprint density at radius 3 is 2.34 bits per heavy atom. The maximum atomic E-state index is 13.8. The van der Waals surface area contributed by atoms with Crippen LogP contribution in [0.1, 0.15) is 70.4 Å². The average Bonchev–Trinajstić information content (AvgIpc) is 3.20. The Bertz CT molecular complexity index is 1190. The van der Waals surface area contributed by atoms with Gasteiger partial charge in [-0.05, 0) is 73.0 Å². The van der Waals surface area contributed by atoms with Crippen LogP contribution in [0.3, 0.4) is 0 Å². The molecule has 0 aliphatic carbocycles. The number of benzene rings is 2. The van der Waals surface area contributed by atoms with Crippen molar-refractivity contribution in [2.45, 2.75) is 83.0 Å². The second kappa shape index (κ2) is 13.4. The zero-order valence-corrected chi connectivity index (χ0v) is 26.2. The lowest BCUT2D eigenvalue weighted by atomic mass is 9.68. The van der Waals surface area contributed by atoms with E-state index < -0.39 is 11.6 Å². The number of hydrogen-bond donors (Lipinski definition) is 4. The number of carbonyl (C=O) groups excluding carboxylic acids is 2. The molecule has 4 rings (SSSR count). The fraction of sp³-hybridized carbons (Fsp3) is 0.562. The number of rotatable bonds is 9. The molecule has 41 heavy (non-hydrogen) atoms. The van der Waals surface area contributed by atoms with Gasteiger partial charge in [0, 0.05) is 54.6 Å². The van der Waals surface area contributed by atoms with E-state index in [0.29, 0.717) is 22.6 Å². The van der Waals surface area contributed by atoms with Crippen LogP contribution in [0, 0.1) is 5.41 Å². The molecule has 4 atom stereocenters. The first kappa shape index (κ1) is 31.8. The number of amides is 2. The summed E-state index contributed by atoms with van der Waals surface area (Å²) in [5.74, 6) is -0.269. The zero-order valence-electron chi connectivity index (χ0n) is 24.7. The molecule has 2 amide bonds. The summed E-state index contributed by atoms with van der Waals surface area (Å²) in [6.07, 6.45) is 3.50. The molecular formula is C32H45Cl2N5O2. The van der Waals surface area contributed by atoms with Gasteiger partial charge in [0.25, 0.3) is 0 Å². The molecule has 7 nitrogen and oxygen atoms in total. The van der Waals surface area contributed by atoms with Crippen molar-refractivity contribution in [3.63, 3.8) is 0 Å². The van der Waals surface area contributed by atoms with Gasteiger partial charge in [-0.3, -0.25) is 9.59 Å². The minimum absolute atomic E-state index is 0.0226. The van der Waals surface area contributed by atoms with Gasteiger partial charge in [-0.1, -0.05) is 68.2 Å². The van der Waals surface area contributed by atoms with Gasteiger partial charge in [0.1, 0.15) is 0 Å². The van der Waals surface area contributed by atoms with Crippen LogP contribution in [0.15, 0.2) is 48.5 Å². The van der Waals surface area contributed by atoms with E-state index in [4.69, 9.17) is 28.9 Å². The quantitative estimate of drug-likeness (QED) is 0.309. The topological polar surface area (TPSA) is 99.5 Å². The number of likely N-dealkylation sites (tertiary alicyclic amines) is 1. The molecule has 2 fully saturated rings. The maximum Gasteiger partial charge on any atom is 0.237 e. The average molecular weight is 603 g/mol. The van der Waals surface area contributed by atoms with Gasteiger partial charge in [-0.2, -0.15) is 0 Å². The van der Waals surface area contributed by atoms with E-state index in [1.807, 2.05) is 53.4 Å². The Morgan fingerprint density at radius 2 is 1.73 bits per heavy atom. The van der Waals surface area contributed by atoms with Crippen molar-refractivity contribution >= 4 is 35.0 Å². The lowest BCUT2D eigenvalue weighted by Crippen LogP contribution is -2.51. The lowest BCUT2D eigenvalue weighted by Gasteiger charge is -2.39. The second-order valence-electron chi connectivity index (χ2n) is 12.8. The molecule has 2 saturated heterocycles. The number of nitrogens with one attached hydrogen (secondary N) is 3. The number of hydrogen-bond acceptors (Lipinski definition) is 5.